The Labute approximate surface area is 88.2 Å². The first-order valence-corrected chi connectivity index (χ1v) is 6.25. The first-order chi connectivity index (χ1) is 6.60. The van der Waals surface area contributed by atoms with E-state index in [1.807, 2.05) is 0 Å². The molecule has 0 radical (unpaired) electrons. The van der Waals surface area contributed by atoms with Crippen molar-refractivity contribution in [1.29, 1.82) is 0 Å². The smallest absolute Gasteiger partial charge is 0.0589 e. The number of rotatable bonds is 2. The lowest BCUT2D eigenvalue weighted by Gasteiger charge is -2.51. The molecule has 2 rings (SSSR count). The van der Waals surface area contributed by atoms with Crippen LogP contribution in [-0.4, -0.2) is 12.2 Å². The van der Waals surface area contributed by atoms with Gasteiger partial charge in [-0.25, -0.2) is 0 Å². The van der Waals surface area contributed by atoms with Crippen LogP contribution in [0.3, 0.4) is 0 Å². The van der Waals surface area contributed by atoms with Crippen molar-refractivity contribution in [2.45, 2.75) is 71.5 Å². The number of hydrogen-bond donors (Lipinski definition) is 0. The monoisotopic (exact) mass is 196 g/mol. The highest BCUT2D eigenvalue weighted by Gasteiger charge is 2.46. The van der Waals surface area contributed by atoms with Gasteiger partial charge in [0.1, 0.15) is 0 Å². The summed E-state index contributed by atoms with van der Waals surface area (Å²) in [6.07, 6.45) is 9.53. The van der Waals surface area contributed by atoms with E-state index in [-0.39, 0.29) is 0 Å². The topological polar surface area (TPSA) is 9.23 Å². The third-order valence-electron chi connectivity index (χ3n) is 4.12. The molecular weight excluding hydrogens is 172 g/mol. The van der Waals surface area contributed by atoms with Crippen LogP contribution in [0.5, 0.6) is 0 Å². The van der Waals surface area contributed by atoms with E-state index in [0.29, 0.717) is 17.6 Å². The van der Waals surface area contributed by atoms with Crippen LogP contribution in [0.1, 0.15) is 59.3 Å². The fourth-order valence-electron chi connectivity index (χ4n) is 3.17. The maximum atomic E-state index is 5.84. The predicted octanol–water partition coefficient (Wildman–Crippen LogP) is 3.77. The maximum absolute atomic E-state index is 5.84. The summed E-state index contributed by atoms with van der Waals surface area (Å²) in [4.78, 5) is 0. The van der Waals surface area contributed by atoms with Gasteiger partial charge < -0.3 is 4.74 Å². The second-order valence-electron chi connectivity index (χ2n) is 5.90. The van der Waals surface area contributed by atoms with E-state index in [9.17, 15) is 0 Å². The molecular formula is C13H24O. The molecule has 2 fully saturated rings. The third kappa shape index (κ3) is 2.13. The molecule has 2 aliphatic carbocycles. The highest BCUT2D eigenvalue weighted by molar-refractivity contribution is 4.97. The molecule has 0 bridgehead atoms. The van der Waals surface area contributed by atoms with Gasteiger partial charge in [-0.2, -0.15) is 0 Å². The van der Waals surface area contributed by atoms with Gasteiger partial charge in [-0.05, 0) is 50.9 Å². The van der Waals surface area contributed by atoms with Gasteiger partial charge in [-0.15, -0.1) is 0 Å². The highest BCUT2D eigenvalue weighted by atomic mass is 16.5. The summed E-state index contributed by atoms with van der Waals surface area (Å²) in [6.45, 7) is 6.69. The second-order valence-corrected chi connectivity index (χ2v) is 5.90. The number of hydrogen-bond acceptors (Lipinski definition) is 1. The molecule has 0 aromatic heterocycles. The summed E-state index contributed by atoms with van der Waals surface area (Å²) in [6, 6.07) is 0. The molecule has 2 saturated carbocycles. The Hall–Kier alpha value is -0.0400. The van der Waals surface area contributed by atoms with Crippen molar-refractivity contribution in [2.75, 3.05) is 0 Å². The number of ether oxygens (including phenoxy) is 1. The Balaban J connectivity index is 1.75. The first-order valence-electron chi connectivity index (χ1n) is 6.25. The minimum absolute atomic E-state index is 0.417. The van der Waals surface area contributed by atoms with Crippen molar-refractivity contribution in [3.8, 4) is 0 Å². The maximum Gasteiger partial charge on any atom is 0.0589 e. The van der Waals surface area contributed by atoms with Crippen LogP contribution in [0.4, 0.5) is 0 Å². The van der Waals surface area contributed by atoms with Crippen LogP contribution in [0.2, 0.25) is 0 Å². The van der Waals surface area contributed by atoms with E-state index in [2.05, 4.69) is 20.8 Å². The van der Waals surface area contributed by atoms with Crippen LogP contribution < -0.4 is 0 Å². The summed E-state index contributed by atoms with van der Waals surface area (Å²) in [5.74, 6) is 0.977. The quantitative estimate of drug-likeness (QED) is 0.653. The molecule has 1 spiro atoms. The van der Waals surface area contributed by atoms with Crippen molar-refractivity contribution < 1.29 is 4.74 Å². The van der Waals surface area contributed by atoms with Gasteiger partial charge in [0.15, 0.2) is 0 Å². The molecule has 0 aromatic carbocycles. The molecule has 0 N–H and O–H groups in total. The van der Waals surface area contributed by atoms with E-state index in [0.717, 1.165) is 5.92 Å². The van der Waals surface area contributed by atoms with Crippen molar-refractivity contribution in [3.05, 3.63) is 0 Å². The fourth-order valence-corrected chi connectivity index (χ4v) is 3.17. The Morgan fingerprint density at radius 1 is 1.14 bits per heavy atom. The Morgan fingerprint density at radius 2 is 1.71 bits per heavy atom. The molecule has 1 heteroatoms. The van der Waals surface area contributed by atoms with E-state index in [1.165, 1.54) is 38.5 Å². The average molecular weight is 196 g/mol. The van der Waals surface area contributed by atoms with Gasteiger partial charge in [0.2, 0.25) is 0 Å². The summed E-state index contributed by atoms with van der Waals surface area (Å²) >= 11 is 0. The van der Waals surface area contributed by atoms with Crippen molar-refractivity contribution in [3.63, 3.8) is 0 Å². The van der Waals surface area contributed by atoms with E-state index in [4.69, 9.17) is 4.74 Å². The van der Waals surface area contributed by atoms with Crippen molar-refractivity contribution in [1.82, 2.24) is 0 Å². The molecule has 0 amide bonds. The van der Waals surface area contributed by atoms with Crippen LogP contribution >= 0.6 is 0 Å². The van der Waals surface area contributed by atoms with Gasteiger partial charge in [0.25, 0.3) is 0 Å². The molecule has 0 aliphatic heterocycles. The van der Waals surface area contributed by atoms with E-state index >= 15 is 0 Å². The zero-order valence-electron chi connectivity index (χ0n) is 9.88. The second kappa shape index (κ2) is 3.84. The predicted molar refractivity (Wildman–Crippen MR) is 59.3 cm³/mol. The summed E-state index contributed by atoms with van der Waals surface area (Å²) in [5.41, 5.74) is 0.714. The standard InChI is InChI=1S/C13H24O/c1-10(2)14-12-8-13(9-12)6-4-11(3)5-7-13/h10-12H,4-9H2,1-3H3. The Kier molecular flexibility index (Phi) is 2.88. The molecule has 0 atom stereocenters. The SMILES string of the molecule is CC1CCC2(CC1)CC(OC(C)C)C2. The fraction of sp³-hybridized carbons (Fsp3) is 1.00. The summed E-state index contributed by atoms with van der Waals surface area (Å²) in [5, 5.41) is 0. The normalized spacial score (nSPS) is 42.9. The molecule has 82 valence electrons. The molecule has 0 heterocycles. The minimum Gasteiger partial charge on any atom is -0.376 e. The van der Waals surface area contributed by atoms with Crippen LogP contribution in [0, 0.1) is 11.3 Å². The first kappa shape index (κ1) is 10.5. The van der Waals surface area contributed by atoms with Gasteiger partial charge in [0, 0.05) is 0 Å². The Morgan fingerprint density at radius 3 is 2.21 bits per heavy atom. The highest BCUT2D eigenvalue weighted by Crippen LogP contribution is 2.53. The van der Waals surface area contributed by atoms with Crippen LogP contribution in [-0.2, 0) is 4.74 Å². The molecule has 0 unspecified atom stereocenters. The van der Waals surface area contributed by atoms with Gasteiger partial charge >= 0.3 is 0 Å². The minimum atomic E-state index is 0.417. The lowest BCUT2D eigenvalue weighted by molar-refractivity contribution is -0.120. The molecule has 0 aromatic rings. The zero-order valence-corrected chi connectivity index (χ0v) is 9.88. The molecule has 0 saturated heterocycles. The van der Waals surface area contributed by atoms with E-state index in [1.54, 1.807) is 0 Å². The van der Waals surface area contributed by atoms with E-state index < -0.39 is 0 Å². The van der Waals surface area contributed by atoms with Crippen molar-refractivity contribution in [2.24, 2.45) is 11.3 Å². The largest absolute Gasteiger partial charge is 0.376 e. The van der Waals surface area contributed by atoms with Crippen LogP contribution in [0.15, 0.2) is 0 Å². The average Bonchev–Trinajstić information content (AvgIpc) is 2.05. The Bertz CT molecular complexity index is 181. The molecule has 1 nitrogen and oxygen atoms in total. The van der Waals surface area contributed by atoms with Gasteiger partial charge in [-0.1, -0.05) is 19.8 Å². The lowest BCUT2D eigenvalue weighted by Crippen LogP contribution is -2.45. The third-order valence-corrected chi connectivity index (χ3v) is 4.12. The zero-order chi connectivity index (χ0) is 10.2. The van der Waals surface area contributed by atoms with Gasteiger partial charge in [-0.3, -0.25) is 0 Å². The summed E-state index contributed by atoms with van der Waals surface area (Å²) in [7, 11) is 0. The molecule has 14 heavy (non-hydrogen) atoms. The lowest BCUT2D eigenvalue weighted by atomic mass is 9.58. The summed E-state index contributed by atoms with van der Waals surface area (Å²) < 4.78 is 5.84. The molecule has 2 aliphatic rings. The van der Waals surface area contributed by atoms with Gasteiger partial charge in [0.05, 0.1) is 12.2 Å². The van der Waals surface area contributed by atoms with Crippen molar-refractivity contribution >= 4 is 0 Å². The van der Waals surface area contributed by atoms with Crippen LogP contribution in [0.25, 0.3) is 0 Å².